The average Bonchev–Trinajstić information content (AvgIpc) is 2.68. The van der Waals surface area contributed by atoms with Gasteiger partial charge in [-0.05, 0) is 31.5 Å². The molecule has 2 rings (SSSR count). The van der Waals surface area contributed by atoms with E-state index in [1.165, 1.54) is 17.4 Å². The molecular weight excluding hydrogens is 239 g/mol. The van der Waals surface area contributed by atoms with E-state index in [9.17, 15) is 9.18 Å². The largest absolute Gasteiger partial charge is 0.319 e. The normalized spacial score (nSPS) is 10.3. The molecule has 1 heterocycles. The molecule has 0 radical (unpaired) electrons. The predicted molar refractivity (Wildman–Crippen MR) is 65.9 cm³/mol. The lowest BCUT2D eigenvalue weighted by Gasteiger charge is -2.06. The lowest BCUT2D eigenvalue weighted by Crippen LogP contribution is -2.12. The number of carbonyl (C=O) groups is 1. The minimum atomic E-state index is -0.430. The molecule has 17 heavy (non-hydrogen) atoms. The number of rotatable bonds is 2. The molecule has 2 aromatic rings. The van der Waals surface area contributed by atoms with E-state index in [-0.39, 0.29) is 11.6 Å². The molecule has 1 aromatic carbocycles. The summed E-state index contributed by atoms with van der Waals surface area (Å²) in [7, 11) is 0. The van der Waals surface area contributed by atoms with Gasteiger partial charge in [0.25, 0.3) is 5.91 Å². The van der Waals surface area contributed by atoms with Crippen molar-refractivity contribution in [2.24, 2.45) is 0 Å². The molecule has 0 aliphatic rings. The Balaban J connectivity index is 2.22. The van der Waals surface area contributed by atoms with Crippen molar-refractivity contribution in [3.63, 3.8) is 0 Å². The quantitative estimate of drug-likeness (QED) is 0.889. The highest BCUT2D eigenvalue weighted by atomic mass is 32.1. The van der Waals surface area contributed by atoms with Crippen LogP contribution in [0.4, 0.5) is 10.1 Å². The van der Waals surface area contributed by atoms with Crippen molar-refractivity contribution in [1.82, 2.24) is 4.98 Å². The van der Waals surface area contributed by atoms with Crippen LogP contribution in [0.3, 0.4) is 0 Å². The minimum Gasteiger partial charge on any atom is -0.319 e. The second-order valence-electron chi connectivity index (χ2n) is 3.70. The Morgan fingerprint density at radius 1 is 1.41 bits per heavy atom. The Hall–Kier alpha value is -1.75. The van der Waals surface area contributed by atoms with Crippen LogP contribution < -0.4 is 5.32 Å². The van der Waals surface area contributed by atoms with Crippen LogP contribution in [-0.4, -0.2) is 10.9 Å². The number of hydrogen-bond acceptors (Lipinski definition) is 3. The number of hydrogen-bond donors (Lipinski definition) is 1. The van der Waals surface area contributed by atoms with Gasteiger partial charge in [-0.3, -0.25) is 4.79 Å². The van der Waals surface area contributed by atoms with Gasteiger partial charge in [0.2, 0.25) is 0 Å². The molecule has 1 N–H and O–H groups in total. The monoisotopic (exact) mass is 250 g/mol. The van der Waals surface area contributed by atoms with Crippen LogP contribution >= 0.6 is 11.3 Å². The number of benzene rings is 1. The van der Waals surface area contributed by atoms with Gasteiger partial charge in [-0.1, -0.05) is 6.07 Å². The highest BCUT2D eigenvalue weighted by Crippen LogP contribution is 2.18. The van der Waals surface area contributed by atoms with Crippen LogP contribution in [0.1, 0.15) is 20.9 Å². The van der Waals surface area contributed by atoms with E-state index in [0.29, 0.717) is 10.6 Å². The third kappa shape index (κ3) is 2.50. The molecule has 0 spiro atoms. The summed E-state index contributed by atoms with van der Waals surface area (Å²) in [5.74, 6) is -0.756. The van der Waals surface area contributed by atoms with Crippen LogP contribution in [0.2, 0.25) is 0 Å². The van der Waals surface area contributed by atoms with Crippen molar-refractivity contribution in [3.05, 3.63) is 45.7 Å². The van der Waals surface area contributed by atoms with Crippen LogP contribution in [0.25, 0.3) is 0 Å². The van der Waals surface area contributed by atoms with E-state index in [2.05, 4.69) is 10.3 Å². The molecule has 0 aliphatic carbocycles. The van der Waals surface area contributed by atoms with Crippen molar-refractivity contribution in [3.8, 4) is 0 Å². The summed E-state index contributed by atoms with van der Waals surface area (Å²) in [6.07, 6.45) is 0. The molecular formula is C12H11FN2OS. The predicted octanol–water partition coefficient (Wildman–Crippen LogP) is 3.15. The Morgan fingerprint density at radius 3 is 2.76 bits per heavy atom. The van der Waals surface area contributed by atoms with Crippen molar-refractivity contribution in [2.45, 2.75) is 13.8 Å². The molecule has 0 saturated heterocycles. The van der Waals surface area contributed by atoms with E-state index in [4.69, 9.17) is 0 Å². The second-order valence-corrected chi connectivity index (χ2v) is 4.56. The van der Waals surface area contributed by atoms with Gasteiger partial charge in [0.05, 0.1) is 16.9 Å². The van der Waals surface area contributed by atoms with Gasteiger partial charge in [0, 0.05) is 0 Å². The van der Waals surface area contributed by atoms with E-state index in [1.807, 2.05) is 0 Å². The first-order chi connectivity index (χ1) is 8.08. The summed E-state index contributed by atoms with van der Waals surface area (Å²) in [6, 6.07) is 4.69. The zero-order valence-electron chi connectivity index (χ0n) is 9.45. The lowest BCUT2D eigenvalue weighted by molar-refractivity contribution is 0.102. The molecule has 0 bridgehead atoms. The van der Waals surface area contributed by atoms with E-state index in [1.54, 1.807) is 31.5 Å². The highest BCUT2D eigenvalue weighted by Gasteiger charge is 2.13. The van der Waals surface area contributed by atoms with Crippen molar-refractivity contribution >= 4 is 22.9 Å². The Kier molecular flexibility index (Phi) is 3.19. The summed E-state index contributed by atoms with van der Waals surface area (Å²) in [4.78, 5) is 16.3. The number of halogens is 1. The van der Waals surface area contributed by atoms with Gasteiger partial charge in [0.15, 0.2) is 0 Å². The van der Waals surface area contributed by atoms with Crippen LogP contribution in [0.15, 0.2) is 23.7 Å². The number of carbonyl (C=O) groups excluding carboxylic acids is 1. The third-order valence-electron chi connectivity index (χ3n) is 2.32. The van der Waals surface area contributed by atoms with Gasteiger partial charge in [-0.25, -0.2) is 9.37 Å². The smallest absolute Gasteiger partial charge is 0.267 e. The zero-order valence-corrected chi connectivity index (χ0v) is 10.3. The summed E-state index contributed by atoms with van der Waals surface area (Å²) >= 11 is 1.24. The first-order valence-electron chi connectivity index (χ1n) is 5.05. The maximum absolute atomic E-state index is 13.5. The molecule has 0 aliphatic heterocycles. The molecule has 0 unspecified atom stereocenters. The van der Waals surface area contributed by atoms with E-state index < -0.39 is 5.82 Å². The number of thiazole rings is 1. The Bertz CT molecular complexity index is 565. The molecule has 0 atom stereocenters. The third-order valence-corrected chi connectivity index (χ3v) is 3.25. The summed E-state index contributed by atoms with van der Waals surface area (Å²) < 4.78 is 13.5. The van der Waals surface area contributed by atoms with Gasteiger partial charge >= 0.3 is 0 Å². The summed E-state index contributed by atoms with van der Waals surface area (Å²) in [6.45, 7) is 3.54. The molecule has 88 valence electrons. The summed E-state index contributed by atoms with van der Waals surface area (Å²) in [5, 5.41) is 2.54. The number of nitrogens with zero attached hydrogens (tertiary/aromatic N) is 1. The summed E-state index contributed by atoms with van der Waals surface area (Å²) in [5.41, 5.74) is 3.25. The van der Waals surface area contributed by atoms with E-state index in [0.717, 1.165) is 5.56 Å². The molecule has 0 fully saturated rings. The maximum atomic E-state index is 13.5. The highest BCUT2D eigenvalue weighted by molar-refractivity contribution is 7.12. The van der Waals surface area contributed by atoms with Crippen LogP contribution in [0.5, 0.6) is 0 Å². The first kappa shape index (κ1) is 11.7. The maximum Gasteiger partial charge on any atom is 0.267 e. The molecule has 1 amide bonds. The second kappa shape index (κ2) is 4.63. The fourth-order valence-corrected chi connectivity index (χ4v) is 2.12. The number of aryl methyl sites for hydroxylation is 2. The standard InChI is InChI=1S/C12H11FN2OS/c1-7-3-4-10(9(13)5-7)15-12(16)11-8(2)14-6-17-11/h3-6H,1-2H3,(H,15,16). The van der Waals surface area contributed by atoms with Crippen molar-refractivity contribution in [1.29, 1.82) is 0 Å². The SMILES string of the molecule is Cc1ccc(NC(=O)c2scnc2C)c(F)c1. The van der Waals surface area contributed by atoms with E-state index >= 15 is 0 Å². The minimum absolute atomic E-state index is 0.188. The van der Waals surface area contributed by atoms with Gasteiger partial charge in [-0.15, -0.1) is 11.3 Å². The molecule has 1 aromatic heterocycles. The first-order valence-corrected chi connectivity index (χ1v) is 5.93. The van der Waals surface area contributed by atoms with Gasteiger partial charge in [-0.2, -0.15) is 0 Å². The number of anilines is 1. The average molecular weight is 250 g/mol. The fraction of sp³-hybridized carbons (Fsp3) is 0.167. The number of amides is 1. The Morgan fingerprint density at radius 2 is 2.18 bits per heavy atom. The Labute approximate surface area is 102 Å². The molecule has 5 heteroatoms. The van der Waals surface area contributed by atoms with Crippen LogP contribution in [-0.2, 0) is 0 Å². The molecule has 0 saturated carbocycles. The topological polar surface area (TPSA) is 42.0 Å². The number of aromatic nitrogens is 1. The van der Waals surface area contributed by atoms with Crippen LogP contribution in [0, 0.1) is 19.7 Å². The molecule has 3 nitrogen and oxygen atoms in total. The number of nitrogens with one attached hydrogen (secondary N) is 1. The lowest BCUT2D eigenvalue weighted by atomic mass is 10.2. The fourth-order valence-electron chi connectivity index (χ4n) is 1.42. The van der Waals surface area contributed by atoms with Crippen molar-refractivity contribution < 1.29 is 9.18 Å². The zero-order chi connectivity index (χ0) is 12.4. The van der Waals surface area contributed by atoms with Gasteiger partial charge in [0.1, 0.15) is 10.7 Å². The van der Waals surface area contributed by atoms with Crippen molar-refractivity contribution in [2.75, 3.05) is 5.32 Å². The van der Waals surface area contributed by atoms with Gasteiger partial charge < -0.3 is 5.32 Å².